The molecule has 2 N–H and O–H groups in total. The topological polar surface area (TPSA) is 80.1 Å². The van der Waals surface area contributed by atoms with Crippen molar-refractivity contribution in [3.63, 3.8) is 0 Å². The van der Waals surface area contributed by atoms with Crippen LogP contribution in [0.1, 0.15) is 11.1 Å². The Morgan fingerprint density at radius 1 is 1.19 bits per heavy atom. The zero-order chi connectivity index (χ0) is 15.4. The number of rotatable bonds is 3. The molecule has 6 nitrogen and oxygen atoms in total. The summed E-state index contributed by atoms with van der Waals surface area (Å²) in [6.07, 6.45) is 1.18. The largest absolute Gasteiger partial charge is 0.332 e. The van der Waals surface area contributed by atoms with Gasteiger partial charge in [-0.1, -0.05) is 6.07 Å². The van der Waals surface area contributed by atoms with Crippen LogP contribution in [0, 0.1) is 24.0 Å². The number of aromatic nitrogens is 1. The zero-order valence-corrected chi connectivity index (χ0v) is 12.4. The van der Waals surface area contributed by atoms with E-state index < -0.39 is 4.92 Å². The fourth-order valence-corrected chi connectivity index (χ4v) is 2.12. The number of benzene rings is 1. The highest BCUT2D eigenvalue weighted by Crippen LogP contribution is 2.15. The number of anilines is 2. The predicted molar refractivity (Wildman–Crippen MR) is 86.7 cm³/mol. The van der Waals surface area contributed by atoms with Gasteiger partial charge in [-0.15, -0.1) is 0 Å². The van der Waals surface area contributed by atoms with Crippen LogP contribution in [0.2, 0.25) is 0 Å². The number of nitro groups is 1. The Balaban J connectivity index is 2.02. The van der Waals surface area contributed by atoms with E-state index in [1.54, 1.807) is 0 Å². The normalized spacial score (nSPS) is 10.0. The van der Waals surface area contributed by atoms with Gasteiger partial charge in [-0.05, 0) is 55.4 Å². The van der Waals surface area contributed by atoms with Crippen molar-refractivity contribution in [1.82, 2.24) is 4.98 Å². The van der Waals surface area contributed by atoms with Crippen molar-refractivity contribution in [2.45, 2.75) is 13.8 Å². The summed E-state index contributed by atoms with van der Waals surface area (Å²) in [5.41, 5.74) is 3.09. The average Bonchev–Trinajstić information content (AvgIpc) is 2.37. The van der Waals surface area contributed by atoms with E-state index in [2.05, 4.69) is 21.7 Å². The second-order valence-electron chi connectivity index (χ2n) is 4.61. The van der Waals surface area contributed by atoms with Gasteiger partial charge in [0, 0.05) is 11.8 Å². The summed E-state index contributed by atoms with van der Waals surface area (Å²) in [5.74, 6) is 0.447. The van der Waals surface area contributed by atoms with Crippen LogP contribution in [0.5, 0.6) is 0 Å². The van der Waals surface area contributed by atoms with Gasteiger partial charge in [0.25, 0.3) is 5.69 Å². The molecule has 0 spiro atoms. The molecule has 108 valence electrons. The summed E-state index contributed by atoms with van der Waals surface area (Å²) < 4.78 is 0. The number of thiocarbonyl (C=S) groups is 1. The smallest absolute Gasteiger partial charge is 0.287 e. The molecule has 0 aliphatic carbocycles. The summed E-state index contributed by atoms with van der Waals surface area (Å²) in [6, 6.07) is 8.90. The van der Waals surface area contributed by atoms with Crippen molar-refractivity contribution in [2.75, 3.05) is 10.6 Å². The van der Waals surface area contributed by atoms with E-state index in [1.165, 1.54) is 18.3 Å². The minimum Gasteiger partial charge on any atom is -0.332 e. The van der Waals surface area contributed by atoms with E-state index in [4.69, 9.17) is 12.2 Å². The van der Waals surface area contributed by atoms with E-state index in [1.807, 2.05) is 26.0 Å². The Hall–Kier alpha value is -2.54. The quantitative estimate of drug-likeness (QED) is 0.514. The minimum atomic E-state index is -0.497. The number of nitrogens with zero attached hydrogens (tertiary/aromatic N) is 2. The Bertz CT molecular complexity index is 666. The first-order valence-corrected chi connectivity index (χ1v) is 6.61. The minimum absolute atomic E-state index is 0.0614. The fraction of sp³-hybridized carbons (Fsp3) is 0.143. The van der Waals surface area contributed by atoms with Crippen molar-refractivity contribution in [1.29, 1.82) is 0 Å². The maximum absolute atomic E-state index is 10.5. The number of pyridine rings is 1. The lowest BCUT2D eigenvalue weighted by molar-refractivity contribution is -0.385. The molecule has 2 aromatic rings. The van der Waals surface area contributed by atoms with E-state index in [0.717, 1.165) is 16.8 Å². The molecule has 1 heterocycles. The van der Waals surface area contributed by atoms with Crippen molar-refractivity contribution in [3.8, 4) is 0 Å². The van der Waals surface area contributed by atoms with Gasteiger partial charge in [-0.25, -0.2) is 4.98 Å². The highest BCUT2D eigenvalue weighted by atomic mass is 32.1. The maximum Gasteiger partial charge on any atom is 0.287 e. The monoisotopic (exact) mass is 302 g/mol. The van der Waals surface area contributed by atoms with E-state index in [-0.39, 0.29) is 5.69 Å². The molecule has 0 aliphatic heterocycles. The molecule has 0 fully saturated rings. The molecule has 0 saturated carbocycles. The van der Waals surface area contributed by atoms with Crippen LogP contribution < -0.4 is 10.6 Å². The number of hydrogen-bond acceptors (Lipinski definition) is 4. The van der Waals surface area contributed by atoms with Crippen molar-refractivity contribution < 1.29 is 4.92 Å². The summed E-state index contributed by atoms with van der Waals surface area (Å²) in [7, 11) is 0. The summed E-state index contributed by atoms with van der Waals surface area (Å²) >= 11 is 5.19. The summed E-state index contributed by atoms with van der Waals surface area (Å²) in [4.78, 5) is 14.0. The summed E-state index contributed by atoms with van der Waals surface area (Å²) in [5, 5.41) is 16.9. The van der Waals surface area contributed by atoms with Gasteiger partial charge in [-0.2, -0.15) is 0 Å². The van der Waals surface area contributed by atoms with Gasteiger partial charge in [0.1, 0.15) is 12.0 Å². The maximum atomic E-state index is 10.5. The lowest BCUT2D eigenvalue weighted by Crippen LogP contribution is -2.19. The van der Waals surface area contributed by atoms with Gasteiger partial charge in [-0.3, -0.25) is 10.1 Å². The van der Waals surface area contributed by atoms with Gasteiger partial charge < -0.3 is 10.6 Å². The Morgan fingerprint density at radius 2 is 1.86 bits per heavy atom. The molecule has 21 heavy (non-hydrogen) atoms. The molecule has 7 heteroatoms. The van der Waals surface area contributed by atoms with Gasteiger partial charge in [0.05, 0.1) is 4.92 Å². The first-order valence-electron chi connectivity index (χ1n) is 6.21. The number of nitrogens with one attached hydrogen (secondary N) is 2. The average molecular weight is 302 g/mol. The van der Waals surface area contributed by atoms with Gasteiger partial charge in [0.15, 0.2) is 5.11 Å². The Kier molecular flexibility index (Phi) is 4.44. The third-order valence-corrected chi connectivity index (χ3v) is 2.88. The molecule has 0 saturated heterocycles. The van der Waals surface area contributed by atoms with Crippen LogP contribution in [0.4, 0.5) is 17.2 Å². The molecule has 0 aliphatic rings. The summed E-state index contributed by atoms with van der Waals surface area (Å²) in [6.45, 7) is 4.01. The standard InChI is InChI=1S/C14H14N4O2S/c1-9-5-10(2)7-11(6-9)16-14(21)17-13-4-3-12(8-15-13)18(19)20/h3-8H,1-2H3,(H2,15,16,17,21). The van der Waals surface area contributed by atoms with Crippen LogP contribution in [0.3, 0.4) is 0 Å². The van der Waals surface area contributed by atoms with E-state index >= 15 is 0 Å². The number of aryl methyl sites for hydroxylation is 2. The van der Waals surface area contributed by atoms with Crippen LogP contribution in [-0.2, 0) is 0 Å². The third kappa shape index (κ3) is 4.22. The molecule has 0 bridgehead atoms. The molecule has 1 aromatic carbocycles. The van der Waals surface area contributed by atoms with Crippen LogP contribution in [0.25, 0.3) is 0 Å². The van der Waals surface area contributed by atoms with Crippen molar-refractivity contribution in [2.24, 2.45) is 0 Å². The Labute approximate surface area is 127 Å². The van der Waals surface area contributed by atoms with Crippen LogP contribution in [0.15, 0.2) is 36.5 Å². The zero-order valence-electron chi connectivity index (χ0n) is 11.6. The molecule has 0 atom stereocenters. The molecular formula is C14H14N4O2S. The highest BCUT2D eigenvalue weighted by Gasteiger charge is 2.06. The lowest BCUT2D eigenvalue weighted by Gasteiger charge is -2.11. The van der Waals surface area contributed by atoms with Gasteiger partial charge in [0.2, 0.25) is 0 Å². The van der Waals surface area contributed by atoms with Crippen molar-refractivity contribution >= 4 is 34.5 Å². The molecule has 0 amide bonds. The van der Waals surface area contributed by atoms with E-state index in [9.17, 15) is 10.1 Å². The van der Waals surface area contributed by atoms with Crippen LogP contribution in [-0.4, -0.2) is 15.0 Å². The third-order valence-electron chi connectivity index (χ3n) is 2.68. The van der Waals surface area contributed by atoms with E-state index in [0.29, 0.717) is 10.9 Å². The van der Waals surface area contributed by atoms with Gasteiger partial charge >= 0.3 is 0 Å². The lowest BCUT2D eigenvalue weighted by atomic mass is 10.1. The fourth-order valence-electron chi connectivity index (χ4n) is 1.89. The molecular weight excluding hydrogens is 288 g/mol. The SMILES string of the molecule is Cc1cc(C)cc(NC(=S)Nc2ccc([N+](=O)[O-])cn2)c1. The molecule has 2 rings (SSSR count). The number of hydrogen-bond donors (Lipinski definition) is 2. The second-order valence-corrected chi connectivity index (χ2v) is 5.02. The van der Waals surface area contributed by atoms with Crippen molar-refractivity contribution in [3.05, 3.63) is 57.8 Å². The molecule has 0 unspecified atom stereocenters. The molecule has 0 radical (unpaired) electrons. The highest BCUT2D eigenvalue weighted by molar-refractivity contribution is 7.80. The first-order chi connectivity index (χ1) is 9.94. The van der Waals surface area contributed by atoms with Crippen LogP contribution >= 0.6 is 12.2 Å². The predicted octanol–water partition coefficient (Wildman–Crippen LogP) is 3.42. The molecule has 1 aromatic heterocycles. The second kappa shape index (κ2) is 6.27. The first kappa shape index (κ1) is 14.9. The Morgan fingerprint density at radius 3 is 2.38 bits per heavy atom.